The van der Waals surface area contributed by atoms with Gasteiger partial charge in [-0.2, -0.15) is 0 Å². The van der Waals surface area contributed by atoms with E-state index in [-0.39, 0.29) is 0 Å². The molecule has 0 saturated heterocycles. The van der Waals surface area contributed by atoms with Gasteiger partial charge in [-0.1, -0.05) is 33.6 Å². The highest BCUT2D eigenvalue weighted by Crippen LogP contribution is 2.28. The minimum absolute atomic E-state index is 0.532. The summed E-state index contributed by atoms with van der Waals surface area (Å²) in [6.07, 6.45) is 3.77. The fraction of sp³-hybridized carbons (Fsp3) is 1.00. The molecular formula is C8H20OSi. The zero-order chi connectivity index (χ0) is 8.04. The lowest BCUT2D eigenvalue weighted by atomic mass is 9.82. The molecule has 0 bridgehead atoms. The summed E-state index contributed by atoms with van der Waals surface area (Å²) in [7, 11) is 0.887. The van der Waals surface area contributed by atoms with Gasteiger partial charge >= 0.3 is 0 Å². The first kappa shape index (κ1) is 10.2. The van der Waals surface area contributed by atoms with Crippen molar-refractivity contribution in [3.8, 4) is 0 Å². The second-order valence-electron chi connectivity index (χ2n) is 3.26. The Morgan fingerprint density at radius 1 is 1.30 bits per heavy atom. The zero-order valence-electron chi connectivity index (χ0n) is 7.74. The molecule has 0 radical (unpaired) electrons. The molecule has 1 nitrogen and oxygen atoms in total. The predicted octanol–water partition coefficient (Wildman–Crippen LogP) is 1.50. The lowest BCUT2D eigenvalue weighted by Gasteiger charge is -2.25. The van der Waals surface area contributed by atoms with E-state index in [1.165, 1.54) is 19.3 Å². The maximum atomic E-state index is 5.18. The Balaban J connectivity index is 3.58. The van der Waals surface area contributed by atoms with Crippen LogP contribution in [0.1, 0.15) is 40.0 Å². The molecule has 0 spiro atoms. The van der Waals surface area contributed by atoms with Gasteiger partial charge in [-0.05, 0) is 11.8 Å². The van der Waals surface area contributed by atoms with Crippen LogP contribution in [-0.2, 0) is 4.43 Å². The monoisotopic (exact) mass is 160 g/mol. The minimum atomic E-state index is 0.532. The van der Waals surface area contributed by atoms with Crippen LogP contribution in [0, 0.1) is 5.41 Å². The summed E-state index contributed by atoms with van der Waals surface area (Å²) in [6, 6.07) is 0. The second-order valence-corrected chi connectivity index (χ2v) is 3.84. The van der Waals surface area contributed by atoms with Gasteiger partial charge < -0.3 is 4.43 Å². The van der Waals surface area contributed by atoms with Crippen molar-refractivity contribution in [3.63, 3.8) is 0 Å². The molecule has 0 aliphatic rings. The third-order valence-electron chi connectivity index (χ3n) is 2.62. The highest BCUT2D eigenvalue weighted by Gasteiger charge is 2.18. The Kier molecular flexibility index (Phi) is 5.00. The summed E-state index contributed by atoms with van der Waals surface area (Å²) < 4.78 is 5.18. The highest BCUT2D eigenvalue weighted by atomic mass is 28.2. The highest BCUT2D eigenvalue weighted by molar-refractivity contribution is 5.97. The maximum Gasteiger partial charge on any atom is 0.145 e. The zero-order valence-corrected chi connectivity index (χ0v) is 9.74. The van der Waals surface area contributed by atoms with E-state index in [0.717, 1.165) is 17.1 Å². The number of rotatable bonds is 5. The Labute approximate surface area is 67.7 Å². The second kappa shape index (κ2) is 4.91. The Bertz CT molecular complexity index is 79.3. The van der Waals surface area contributed by atoms with Crippen LogP contribution in [0.15, 0.2) is 0 Å². The molecule has 0 heterocycles. The largest absolute Gasteiger partial charge is 0.428 e. The first-order valence-corrected chi connectivity index (χ1v) is 4.99. The summed E-state index contributed by atoms with van der Waals surface area (Å²) in [5.41, 5.74) is 0.532. The third-order valence-corrected chi connectivity index (χ3v) is 3.03. The van der Waals surface area contributed by atoms with Crippen LogP contribution in [0.4, 0.5) is 0 Å². The van der Waals surface area contributed by atoms with Gasteiger partial charge in [0.05, 0.1) is 0 Å². The number of hydrogen-bond acceptors (Lipinski definition) is 1. The van der Waals surface area contributed by atoms with Crippen LogP contribution in [0.3, 0.4) is 0 Å². The van der Waals surface area contributed by atoms with E-state index in [2.05, 4.69) is 20.8 Å². The quantitative estimate of drug-likeness (QED) is 0.554. The number of hydrogen-bond donors (Lipinski definition) is 0. The molecule has 0 aliphatic heterocycles. The van der Waals surface area contributed by atoms with Crippen molar-refractivity contribution in [2.75, 3.05) is 6.61 Å². The van der Waals surface area contributed by atoms with Crippen molar-refractivity contribution in [2.24, 2.45) is 5.41 Å². The predicted molar refractivity (Wildman–Crippen MR) is 49.2 cm³/mol. The molecule has 0 saturated carbocycles. The van der Waals surface area contributed by atoms with Gasteiger partial charge in [-0.3, -0.25) is 0 Å². The fourth-order valence-electron chi connectivity index (χ4n) is 0.952. The fourth-order valence-corrected chi connectivity index (χ4v) is 1.16. The van der Waals surface area contributed by atoms with Crippen molar-refractivity contribution in [2.45, 2.75) is 40.0 Å². The third kappa shape index (κ3) is 3.37. The molecule has 0 fully saturated rings. The van der Waals surface area contributed by atoms with E-state index in [1.807, 2.05) is 0 Å². The molecule has 0 atom stereocenters. The van der Waals surface area contributed by atoms with Gasteiger partial charge in [0.15, 0.2) is 0 Å². The van der Waals surface area contributed by atoms with Gasteiger partial charge in [-0.25, -0.2) is 0 Å². The Morgan fingerprint density at radius 3 is 2.10 bits per heavy atom. The molecule has 0 rings (SSSR count). The standard InChI is InChI=1S/C8H20OSi/c1-4-8(3,5-2)6-7-9-10/h4-7H2,1-3,10H3. The van der Waals surface area contributed by atoms with E-state index in [9.17, 15) is 0 Å². The normalized spacial score (nSPS) is 12.3. The molecule has 0 unspecified atom stereocenters. The van der Waals surface area contributed by atoms with Crippen molar-refractivity contribution >= 4 is 10.5 Å². The summed E-state index contributed by atoms with van der Waals surface area (Å²) >= 11 is 0. The average molecular weight is 160 g/mol. The van der Waals surface area contributed by atoms with Crippen LogP contribution in [0.5, 0.6) is 0 Å². The summed E-state index contributed by atoms with van der Waals surface area (Å²) in [4.78, 5) is 0. The van der Waals surface area contributed by atoms with E-state index < -0.39 is 0 Å². The van der Waals surface area contributed by atoms with E-state index >= 15 is 0 Å². The van der Waals surface area contributed by atoms with Gasteiger partial charge in [0.25, 0.3) is 0 Å². The molecule has 0 N–H and O–H groups in total. The van der Waals surface area contributed by atoms with E-state index in [0.29, 0.717) is 5.41 Å². The van der Waals surface area contributed by atoms with Crippen molar-refractivity contribution in [1.29, 1.82) is 0 Å². The van der Waals surface area contributed by atoms with Crippen molar-refractivity contribution < 1.29 is 4.43 Å². The first-order valence-electron chi connectivity index (χ1n) is 4.17. The molecule has 0 aromatic heterocycles. The molecule has 2 heteroatoms. The van der Waals surface area contributed by atoms with Crippen LogP contribution >= 0.6 is 0 Å². The molecule has 0 aromatic rings. The van der Waals surface area contributed by atoms with Crippen molar-refractivity contribution in [1.82, 2.24) is 0 Å². The SMILES string of the molecule is CCC(C)(CC)CCO[SiH3]. The van der Waals surface area contributed by atoms with Gasteiger partial charge in [0.1, 0.15) is 10.5 Å². The minimum Gasteiger partial charge on any atom is -0.428 e. The lowest BCUT2D eigenvalue weighted by Crippen LogP contribution is -2.16. The molecule has 0 aliphatic carbocycles. The molecule has 62 valence electrons. The molecule has 0 aromatic carbocycles. The van der Waals surface area contributed by atoms with Crippen LogP contribution in [0.2, 0.25) is 0 Å². The maximum absolute atomic E-state index is 5.18. The summed E-state index contributed by atoms with van der Waals surface area (Å²) in [6.45, 7) is 7.82. The average Bonchev–Trinajstić information content (AvgIpc) is 2.00. The van der Waals surface area contributed by atoms with Gasteiger partial charge in [0.2, 0.25) is 0 Å². The summed E-state index contributed by atoms with van der Waals surface area (Å²) in [5.74, 6) is 0. The Morgan fingerprint density at radius 2 is 1.80 bits per heavy atom. The first-order chi connectivity index (χ1) is 4.68. The molecule has 10 heavy (non-hydrogen) atoms. The van der Waals surface area contributed by atoms with Crippen molar-refractivity contribution in [3.05, 3.63) is 0 Å². The molecular weight excluding hydrogens is 140 g/mol. The van der Waals surface area contributed by atoms with Crippen LogP contribution in [0.25, 0.3) is 0 Å². The van der Waals surface area contributed by atoms with Crippen LogP contribution in [-0.4, -0.2) is 17.1 Å². The van der Waals surface area contributed by atoms with Gasteiger partial charge in [-0.15, -0.1) is 0 Å². The van der Waals surface area contributed by atoms with E-state index in [4.69, 9.17) is 4.43 Å². The smallest absolute Gasteiger partial charge is 0.145 e. The topological polar surface area (TPSA) is 9.23 Å². The lowest BCUT2D eigenvalue weighted by molar-refractivity contribution is 0.208. The Hall–Kier alpha value is 0.177. The molecule has 0 amide bonds. The van der Waals surface area contributed by atoms with Gasteiger partial charge in [0, 0.05) is 6.61 Å². The summed E-state index contributed by atoms with van der Waals surface area (Å²) in [5, 5.41) is 0. The van der Waals surface area contributed by atoms with Crippen LogP contribution < -0.4 is 0 Å². The van der Waals surface area contributed by atoms with E-state index in [1.54, 1.807) is 0 Å².